The summed E-state index contributed by atoms with van der Waals surface area (Å²) in [5, 5.41) is 3.08. The molecule has 0 radical (unpaired) electrons. The lowest BCUT2D eigenvalue weighted by Crippen LogP contribution is -2.32. The molecule has 0 aliphatic carbocycles. The van der Waals surface area contributed by atoms with Crippen molar-refractivity contribution in [3.05, 3.63) is 59.9 Å². The van der Waals surface area contributed by atoms with E-state index in [9.17, 15) is 4.79 Å². The van der Waals surface area contributed by atoms with Crippen LogP contribution in [0.5, 0.6) is 11.5 Å². The van der Waals surface area contributed by atoms with Crippen molar-refractivity contribution in [3.8, 4) is 11.5 Å². The fourth-order valence-corrected chi connectivity index (χ4v) is 4.17. The number of allylic oxidation sites excluding steroid dienone is 1. The standard InChI is InChI=1S/C28H37N3O3/c1-5-11-21-14-15-25(26(20-21)33-4)34-19-10-18-31-24-13-9-8-12-23(24)30-27(31)16-17-29-28(32)22(6-2)7-3/h5,8-9,11-15,20,22H,6-7,10,16-19H2,1-4H3,(H,29,32)/b11-5+. The minimum atomic E-state index is 0.0833. The third kappa shape index (κ3) is 6.40. The molecule has 0 atom stereocenters. The number of carbonyl (C=O) groups excluding carboxylic acids is 1. The molecular formula is C28H37N3O3. The number of hydrogen-bond donors (Lipinski definition) is 1. The second kappa shape index (κ2) is 12.8. The quantitative estimate of drug-likeness (QED) is 0.333. The molecule has 2 aromatic carbocycles. The van der Waals surface area contributed by atoms with Crippen molar-refractivity contribution in [2.75, 3.05) is 20.3 Å². The zero-order valence-electron chi connectivity index (χ0n) is 20.8. The molecule has 6 heteroatoms. The molecule has 0 aliphatic heterocycles. The largest absolute Gasteiger partial charge is 0.493 e. The van der Waals surface area contributed by atoms with E-state index in [1.54, 1.807) is 7.11 Å². The topological polar surface area (TPSA) is 65.4 Å². The Hall–Kier alpha value is -3.28. The van der Waals surface area contributed by atoms with Crippen LogP contribution in [-0.4, -0.2) is 35.7 Å². The third-order valence-electron chi connectivity index (χ3n) is 6.07. The van der Waals surface area contributed by atoms with Gasteiger partial charge in [0.1, 0.15) is 5.82 Å². The van der Waals surface area contributed by atoms with Gasteiger partial charge < -0.3 is 19.4 Å². The highest BCUT2D eigenvalue weighted by Crippen LogP contribution is 2.29. The van der Waals surface area contributed by atoms with Gasteiger partial charge in [-0.25, -0.2) is 4.98 Å². The van der Waals surface area contributed by atoms with Gasteiger partial charge in [0, 0.05) is 25.4 Å². The number of nitrogens with zero attached hydrogens (tertiary/aromatic N) is 2. The second-order valence-corrected chi connectivity index (χ2v) is 8.34. The highest BCUT2D eigenvalue weighted by atomic mass is 16.5. The van der Waals surface area contributed by atoms with Gasteiger partial charge >= 0.3 is 0 Å². The Morgan fingerprint density at radius 1 is 1.15 bits per heavy atom. The number of para-hydroxylation sites is 2. The lowest BCUT2D eigenvalue weighted by atomic mass is 10.0. The van der Waals surface area contributed by atoms with Crippen molar-refractivity contribution >= 4 is 23.0 Å². The molecule has 0 aliphatic rings. The number of aryl methyl sites for hydroxylation is 1. The first-order valence-corrected chi connectivity index (χ1v) is 12.3. The van der Waals surface area contributed by atoms with E-state index < -0.39 is 0 Å². The molecule has 3 rings (SSSR count). The van der Waals surface area contributed by atoms with Gasteiger partial charge in [0.15, 0.2) is 11.5 Å². The normalized spacial score (nSPS) is 11.4. The fraction of sp³-hybridized carbons (Fsp3) is 0.429. The van der Waals surface area contributed by atoms with Crippen LogP contribution in [0.25, 0.3) is 17.1 Å². The Morgan fingerprint density at radius 2 is 1.94 bits per heavy atom. The smallest absolute Gasteiger partial charge is 0.223 e. The van der Waals surface area contributed by atoms with Crippen LogP contribution >= 0.6 is 0 Å². The summed E-state index contributed by atoms with van der Waals surface area (Å²) in [4.78, 5) is 17.2. The summed E-state index contributed by atoms with van der Waals surface area (Å²) in [7, 11) is 1.66. The number of nitrogens with one attached hydrogen (secondary N) is 1. The van der Waals surface area contributed by atoms with E-state index in [2.05, 4.69) is 29.8 Å². The van der Waals surface area contributed by atoms with Crippen molar-refractivity contribution in [3.63, 3.8) is 0 Å². The van der Waals surface area contributed by atoms with Gasteiger partial charge in [0.25, 0.3) is 0 Å². The van der Waals surface area contributed by atoms with Gasteiger partial charge in [0.05, 0.1) is 24.8 Å². The van der Waals surface area contributed by atoms with E-state index in [-0.39, 0.29) is 11.8 Å². The SMILES string of the molecule is C/C=C/c1ccc(OCCCn2c(CCNC(=O)C(CC)CC)nc3ccccc32)c(OC)c1. The number of hydrogen-bond acceptors (Lipinski definition) is 4. The molecule has 0 spiro atoms. The predicted octanol–water partition coefficient (Wildman–Crippen LogP) is 5.64. The van der Waals surface area contributed by atoms with E-state index in [1.807, 2.05) is 55.5 Å². The summed E-state index contributed by atoms with van der Waals surface area (Å²) in [5.41, 5.74) is 3.17. The first-order valence-electron chi connectivity index (χ1n) is 12.3. The average Bonchev–Trinajstić information content (AvgIpc) is 3.20. The molecule has 3 aromatic rings. The summed E-state index contributed by atoms with van der Waals surface area (Å²) in [5.74, 6) is 2.68. The Kier molecular flexibility index (Phi) is 9.56. The van der Waals surface area contributed by atoms with Crippen LogP contribution in [-0.2, 0) is 17.8 Å². The number of methoxy groups -OCH3 is 1. The minimum absolute atomic E-state index is 0.0833. The predicted molar refractivity (Wildman–Crippen MR) is 138 cm³/mol. The molecule has 1 amide bonds. The number of fused-ring (bicyclic) bond motifs is 1. The molecule has 34 heavy (non-hydrogen) atoms. The minimum Gasteiger partial charge on any atom is -0.493 e. The van der Waals surface area contributed by atoms with Crippen LogP contribution in [0.3, 0.4) is 0 Å². The lowest BCUT2D eigenvalue weighted by Gasteiger charge is -2.14. The maximum absolute atomic E-state index is 12.3. The molecule has 182 valence electrons. The zero-order valence-corrected chi connectivity index (χ0v) is 20.8. The van der Waals surface area contributed by atoms with Crippen LogP contribution in [0.15, 0.2) is 48.5 Å². The molecule has 1 heterocycles. The Labute approximate surface area is 203 Å². The van der Waals surface area contributed by atoms with Gasteiger partial charge in [-0.3, -0.25) is 4.79 Å². The monoisotopic (exact) mass is 463 g/mol. The van der Waals surface area contributed by atoms with Crippen molar-refractivity contribution in [2.24, 2.45) is 5.92 Å². The number of aromatic nitrogens is 2. The van der Waals surface area contributed by atoms with Crippen molar-refractivity contribution in [2.45, 2.75) is 53.0 Å². The number of imidazole rings is 1. The lowest BCUT2D eigenvalue weighted by molar-refractivity contribution is -0.125. The number of carbonyl (C=O) groups is 1. The third-order valence-corrected chi connectivity index (χ3v) is 6.07. The summed E-state index contributed by atoms with van der Waals surface area (Å²) < 4.78 is 13.8. The van der Waals surface area contributed by atoms with Gasteiger partial charge in [-0.1, -0.05) is 44.2 Å². The van der Waals surface area contributed by atoms with E-state index in [0.29, 0.717) is 19.6 Å². The average molecular weight is 464 g/mol. The van der Waals surface area contributed by atoms with E-state index in [4.69, 9.17) is 14.5 Å². The number of rotatable bonds is 13. The van der Waals surface area contributed by atoms with Gasteiger partial charge in [-0.2, -0.15) is 0 Å². The highest BCUT2D eigenvalue weighted by Gasteiger charge is 2.15. The fourth-order valence-electron chi connectivity index (χ4n) is 4.17. The molecule has 1 aromatic heterocycles. The highest BCUT2D eigenvalue weighted by molar-refractivity contribution is 5.78. The molecule has 0 unspecified atom stereocenters. The summed E-state index contributed by atoms with van der Waals surface area (Å²) in [6.07, 6.45) is 7.28. The molecule has 0 fully saturated rings. The van der Waals surface area contributed by atoms with Crippen molar-refractivity contribution < 1.29 is 14.3 Å². The van der Waals surface area contributed by atoms with Crippen molar-refractivity contribution in [1.29, 1.82) is 0 Å². The number of ether oxygens (including phenoxy) is 2. The number of amides is 1. The maximum Gasteiger partial charge on any atom is 0.223 e. The first-order chi connectivity index (χ1) is 16.6. The van der Waals surface area contributed by atoms with E-state index >= 15 is 0 Å². The molecular weight excluding hydrogens is 426 g/mol. The van der Waals surface area contributed by atoms with E-state index in [1.165, 1.54) is 0 Å². The molecule has 0 bridgehead atoms. The maximum atomic E-state index is 12.3. The summed E-state index contributed by atoms with van der Waals surface area (Å²) in [6, 6.07) is 14.1. The zero-order chi connectivity index (χ0) is 24.3. The Morgan fingerprint density at radius 3 is 2.68 bits per heavy atom. The molecule has 1 N–H and O–H groups in total. The summed E-state index contributed by atoms with van der Waals surface area (Å²) >= 11 is 0. The molecule has 0 saturated heterocycles. The van der Waals surface area contributed by atoms with Crippen LogP contribution in [0.1, 0.15) is 51.4 Å². The van der Waals surface area contributed by atoms with Crippen LogP contribution in [0.2, 0.25) is 0 Å². The van der Waals surface area contributed by atoms with E-state index in [0.717, 1.165) is 59.7 Å². The first kappa shape index (κ1) is 25.3. The summed E-state index contributed by atoms with van der Waals surface area (Å²) in [6.45, 7) is 8.05. The molecule has 0 saturated carbocycles. The van der Waals surface area contributed by atoms with Crippen LogP contribution < -0.4 is 14.8 Å². The van der Waals surface area contributed by atoms with Crippen molar-refractivity contribution in [1.82, 2.24) is 14.9 Å². The number of benzene rings is 2. The molecule has 6 nitrogen and oxygen atoms in total. The van der Waals surface area contributed by atoms with Gasteiger partial charge in [0.2, 0.25) is 5.91 Å². The van der Waals surface area contributed by atoms with Gasteiger partial charge in [-0.05, 0) is 56.0 Å². The van der Waals surface area contributed by atoms with Crippen LogP contribution in [0.4, 0.5) is 0 Å². The Balaban J connectivity index is 1.62. The Bertz CT molecular complexity index is 1100. The van der Waals surface area contributed by atoms with Crippen LogP contribution in [0, 0.1) is 5.92 Å². The second-order valence-electron chi connectivity index (χ2n) is 8.34. The van der Waals surface area contributed by atoms with Gasteiger partial charge in [-0.15, -0.1) is 0 Å².